The Morgan fingerprint density at radius 1 is 1.19 bits per heavy atom. The molecule has 142 valence electrons. The third kappa shape index (κ3) is 6.12. The number of hydrogen-bond donors (Lipinski definition) is 3. The predicted molar refractivity (Wildman–Crippen MR) is 106 cm³/mol. The molecule has 0 radical (unpaired) electrons. The van der Waals surface area contributed by atoms with Gasteiger partial charge in [-0.25, -0.2) is 13.4 Å². The lowest BCUT2D eigenvalue weighted by molar-refractivity contribution is 0.0955. The van der Waals surface area contributed by atoms with Gasteiger partial charge in [0.25, 0.3) is 5.91 Å². The number of hydrogen-bond acceptors (Lipinski definition) is 5. The van der Waals surface area contributed by atoms with E-state index in [0.29, 0.717) is 34.5 Å². The van der Waals surface area contributed by atoms with E-state index in [1.165, 1.54) is 30.5 Å². The van der Waals surface area contributed by atoms with Crippen LogP contribution in [0.3, 0.4) is 0 Å². The van der Waals surface area contributed by atoms with Crippen LogP contribution in [-0.2, 0) is 10.0 Å². The number of anilines is 1. The molecule has 0 unspecified atom stereocenters. The zero-order chi connectivity index (χ0) is 19.9. The van der Waals surface area contributed by atoms with E-state index >= 15 is 0 Å². The summed E-state index contributed by atoms with van der Waals surface area (Å²) in [5.74, 6) is 2.31. The summed E-state index contributed by atoms with van der Waals surface area (Å²) in [7, 11) is -3.69. The quantitative estimate of drug-likeness (QED) is 0.443. The first-order chi connectivity index (χ1) is 12.8. The summed E-state index contributed by atoms with van der Waals surface area (Å²) >= 11 is 11.8. The van der Waals surface area contributed by atoms with Crippen LogP contribution in [0.5, 0.6) is 0 Å². The number of aromatic nitrogens is 1. The molecule has 1 heterocycles. The van der Waals surface area contributed by atoms with Crippen LogP contribution in [0.1, 0.15) is 10.4 Å². The van der Waals surface area contributed by atoms with Crippen molar-refractivity contribution >= 4 is 45.0 Å². The Morgan fingerprint density at radius 3 is 2.52 bits per heavy atom. The Hall–Kier alpha value is -2.31. The van der Waals surface area contributed by atoms with Crippen LogP contribution in [0, 0.1) is 12.3 Å². The minimum atomic E-state index is -3.69. The number of nitrogens with one attached hydrogen (secondary N) is 3. The number of rotatable bonds is 8. The molecule has 27 heavy (non-hydrogen) atoms. The molecular weight excluding hydrogens is 411 g/mol. The van der Waals surface area contributed by atoms with Gasteiger partial charge >= 0.3 is 0 Å². The molecule has 2 aromatic rings. The second kappa shape index (κ2) is 9.58. The summed E-state index contributed by atoms with van der Waals surface area (Å²) < 4.78 is 26.1. The van der Waals surface area contributed by atoms with Crippen molar-refractivity contribution in [2.24, 2.45) is 0 Å². The van der Waals surface area contributed by atoms with Gasteiger partial charge in [0, 0.05) is 24.8 Å². The normalized spacial score (nSPS) is 10.9. The number of halogens is 2. The van der Waals surface area contributed by atoms with Gasteiger partial charge in [0.1, 0.15) is 5.82 Å². The molecule has 0 saturated heterocycles. The fraction of sp³-hybridized carbons (Fsp3) is 0.176. The highest BCUT2D eigenvalue weighted by molar-refractivity contribution is 7.89. The van der Waals surface area contributed by atoms with Crippen LogP contribution in [0.2, 0.25) is 10.0 Å². The summed E-state index contributed by atoms with van der Waals surface area (Å²) in [5, 5.41) is 6.49. The van der Waals surface area contributed by atoms with Crippen molar-refractivity contribution in [2.45, 2.75) is 4.90 Å². The van der Waals surface area contributed by atoms with Crippen molar-refractivity contribution in [1.82, 2.24) is 15.0 Å². The van der Waals surface area contributed by atoms with Crippen molar-refractivity contribution < 1.29 is 13.2 Å². The van der Waals surface area contributed by atoms with Crippen LogP contribution >= 0.6 is 23.2 Å². The summed E-state index contributed by atoms with van der Waals surface area (Å²) in [6, 6.07) is 7.08. The molecule has 0 spiro atoms. The highest BCUT2D eigenvalue weighted by atomic mass is 35.5. The zero-order valence-electron chi connectivity index (χ0n) is 14.0. The first-order valence-electron chi connectivity index (χ1n) is 7.70. The van der Waals surface area contributed by atoms with Crippen LogP contribution in [0.4, 0.5) is 5.82 Å². The molecule has 0 saturated carbocycles. The molecule has 0 fully saturated rings. The number of benzene rings is 1. The molecule has 1 amide bonds. The lowest BCUT2D eigenvalue weighted by atomic mass is 10.2. The fourth-order valence-electron chi connectivity index (χ4n) is 2.01. The van der Waals surface area contributed by atoms with Gasteiger partial charge in [-0.3, -0.25) is 4.79 Å². The first-order valence-corrected chi connectivity index (χ1v) is 9.93. The molecule has 1 aromatic carbocycles. The number of terminal acetylenes is 1. The maximum atomic E-state index is 12.1. The minimum Gasteiger partial charge on any atom is -0.367 e. The van der Waals surface area contributed by atoms with Crippen molar-refractivity contribution in [1.29, 1.82) is 0 Å². The maximum absolute atomic E-state index is 12.1. The lowest BCUT2D eigenvalue weighted by Gasteiger charge is -2.09. The number of pyridine rings is 1. The standard InChI is InChI=1S/C17H16Cl2N4O3S/c1-2-7-23-27(25,26)14-5-3-12(4-6-14)17(24)21-9-8-20-16-15(19)10-13(18)11-22-16/h1,3-6,10-11,23H,7-9H2,(H,20,22)(H,21,24). The summed E-state index contributed by atoms with van der Waals surface area (Å²) in [6.45, 7) is 0.593. The van der Waals surface area contributed by atoms with E-state index in [1.54, 1.807) is 6.07 Å². The van der Waals surface area contributed by atoms with Crippen molar-refractivity contribution in [3.63, 3.8) is 0 Å². The SMILES string of the molecule is C#CCNS(=O)(=O)c1ccc(C(=O)NCCNc2ncc(Cl)cc2Cl)cc1. The molecular formula is C17H16Cl2N4O3S. The maximum Gasteiger partial charge on any atom is 0.251 e. The molecule has 0 aliphatic heterocycles. The highest BCUT2D eigenvalue weighted by Gasteiger charge is 2.14. The Morgan fingerprint density at radius 2 is 1.89 bits per heavy atom. The van der Waals surface area contributed by atoms with E-state index in [0.717, 1.165) is 0 Å². The van der Waals surface area contributed by atoms with Crippen LogP contribution in [0.15, 0.2) is 41.4 Å². The average molecular weight is 427 g/mol. The Kier molecular flexibility index (Phi) is 7.45. The smallest absolute Gasteiger partial charge is 0.251 e. The number of carbonyl (C=O) groups excluding carboxylic acids is 1. The number of carbonyl (C=O) groups is 1. The Balaban J connectivity index is 1.86. The number of nitrogens with zero attached hydrogens (tertiary/aromatic N) is 1. The second-order valence-electron chi connectivity index (χ2n) is 5.22. The van der Waals surface area contributed by atoms with Gasteiger partial charge in [0.05, 0.1) is 21.5 Å². The third-order valence-electron chi connectivity index (χ3n) is 3.30. The zero-order valence-corrected chi connectivity index (χ0v) is 16.3. The predicted octanol–water partition coefficient (Wildman–Crippen LogP) is 2.14. The van der Waals surface area contributed by atoms with E-state index in [-0.39, 0.29) is 17.3 Å². The van der Waals surface area contributed by atoms with Gasteiger partial charge in [0.2, 0.25) is 10.0 Å². The van der Waals surface area contributed by atoms with Gasteiger partial charge in [-0.1, -0.05) is 29.1 Å². The molecule has 0 atom stereocenters. The van der Waals surface area contributed by atoms with E-state index in [9.17, 15) is 13.2 Å². The highest BCUT2D eigenvalue weighted by Crippen LogP contribution is 2.22. The van der Waals surface area contributed by atoms with Gasteiger partial charge in [-0.2, -0.15) is 4.72 Å². The minimum absolute atomic E-state index is 0.0272. The third-order valence-corrected chi connectivity index (χ3v) is 5.21. The summed E-state index contributed by atoms with van der Waals surface area (Å²) in [5.41, 5.74) is 0.327. The molecule has 0 aliphatic carbocycles. The molecule has 0 bridgehead atoms. The monoisotopic (exact) mass is 426 g/mol. The van der Waals surface area contributed by atoms with Crippen LogP contribution < -0.4 is 15.4 Å². The van der Waals surface area contributed by atoms with E-state index in [4.69, 9.17) is 29.6 Å². The first kappa shape index (κ1) is 21.0. The van der Waals surface area contributed by atoms with E-state index in [1.807, 2.05) is 0 Å². The van der Waals surface area contributed by atoms with E-state index < -0.39 is 10.0 Å². The Labute approximate surface area is 167 Å². The molecule has 10 heteroatoms. The molecule has 7 nitrogen and oxygen atoms in total. The lowest BCUT2D eigenvalue weighted by Crippen LogP contribution is -2.29. The van der Waals surface area contributed by atoms with Crippen LogP contribution in [-0.4, -0.2) is 38.9 Å². The van der Waals surface area contributed by atoms with Crippen molar-refractivity contribution in [2.75, 3.05) is 25.0 Å². The van der Waals surface area contributed by atoms with E-state index in [2.05, 4.69) is 26.3 Å². The average Bonchev–Trinajstić information content (AvgIpc) is 2.65. The molecule has 1 aromatic heterocycles. The summed E-state index contributed by atoms with van der Waals surface area (Å²) in [4.78, 5) is 16.2. The van der Waals surface area contributed by atoms with Gasteiger partial charge < -0.3 is 10.6 Å². The molecule has 0 aliphatic rings. The van der Waals surface area contributed by atoms with Crippen molar-refractivity contribution in [3.8, 4) is 12.3 Å². The largest absolute Gasteiger partial charge is 0.367 e. The summed E-state index contributed by atoms with van der Waals surface area (Å²) in [6.07, 6.45) is 6.50. The van der Waals surface area contributed by atoms with Gasteiger partial charge in [0.15, 0.2) is 0 Å². The van der Waals surface area contributed by atoms with Gasteiger partial charge in [-0.05, 0) is 30.3 Å². The van der Waals surface area contributed by atoms with Gasteiger partial charge in [-0.15, -0.1) is 6.42 Å². The second-order valence-corrected chi connectivity index (χ2v) is 7.83. The molecule has 3 N–H and O–H groups in total. The van der Waals surface area contributed by atoms with Crippen LogP contribution in [0.25, 0.3) is 0 Å². The number of amides is 1. The Bertz CT molecular complexity index is 957. The fourth-order valence-corrected chi connectivity index (χ4v) is 3.39. The topological polar surface area (TPSA) is 100 Å². The molecule has 2 rings (SSSR count). The number of sulfonamides is 1. The van der Waals surface area contributed by atoms with Crippen molar-refractivity contribution in [3.05, 3.63) is 52.1 Å².